The third-order valence-corrected chi connectivity index (χ3v) is 3.26. The predicted octanol–water partition coefficient (Wildman–Crippen LogP) is 3.55. The van der Waals surface area contributed by atoms with Crippen molar-refractivity contribution >= 4 is 0 Å². The molecule has 2 aromatic heterocycles. The molecule has 3 rings (SSSR count). The third-order valence-electron chi connectivity index (χ3n) is 3.26. The smallest absolute Gasteiger partial charge is 0.0923 e. The van der Waals surface area contributed by atoms with E-state index in [1.807, 2.05) is 59.7 Å². The van der Waals surface area contributed by atoms with E-state index in [9.17, 15) is 0 Å². The Kier molecular flexibility index (Phi) is 3.11. The summed E-state index contributed by atoms with van der Waals surface area (Å²) in [5.41, 5.74) is 3.35. The van der Waals surface area contributed by atoms with Crippen molar-refractivity contribution in [3.63, 3.8) is 0 Å². The normalized spacial score (nSPS) is 12.3. The Balaban J connectivity index is 1.90. The van der Waals surface area contributed by atoms with E-state index in [-0.39, 0.29) is 6.04 Å². The van der Waals surface area contributed by atoms with Gasteiger partial charge in [0, 0.05) is 24.2 Å². The number of pyridine rings is 1. The van der Waals surface area contributed by atoms with Crippen LogP contribution in [-0.2, 0) is 0 Å². The van der Waals surface area contributed by atoms with Gasteiger partial charge in [0.1, 0.15) is 0 Å². The summed E-state index contributed by atoms with van der Waals surface area (Å²) in [5.74, 6) is 0. The average Bonchev–Trinajstić information content (AvgIpc) is 2.98. The lowest BCUT2D eigenvalue weighted by atomic mass is 10.1. The Morgan fingerprint density at radius 2 is 1.68 bits per heavy atom. The van der Waals surface area contributed by atoms with Gasteiger partial charge >= 0.3 is 0 Å². The molecule has 0 bridgehead atoms. The van der Waals surface area contributed by atoms with Crippen molar-refractivity contribution in [2.75, 3.05) is 0 Å². The highest BCUT2D eigenvalue weighted by Crippen LogP contribution is 2.20. The molecule has 0 aliphatic carbocycles. The summed E-state index contributed by atoms with van der Waals surface area (Å²) in [6.45, 7) is 2.14. The van der Waals surface area contributed by atoms with Gasteiger partial charge in [0.15, 0.2) is 0 Å². The third kappa shape index (κ3) is 2.40. The molecule has 0 aliphatic rings. The van der Waals surface area contributed by atoms with Crippen molar-refractivity contribution in [1.82, 2.24) is 14.8 Å². The second kappa shape index (κ2) is 5.06. The number of benzene rings is 1. The van der Waals surface area contributed by atoms with Crippen LogP contribution in [0.5, 0.6) is 0 Å². The lowest BCUT2D eigenvalue weighted by Crippen LogP contribution is -2.07. The van der Waals surface area contributed by atoms with Crippen LogP contribution in [0.25, 0.3) is 11.3 Å². The lowest BCUT2D eigenvalue weighted by Gasteiger charge is -2.12. The van der Waals surface area contributed by atoms with Gasteiger partial charge in [-0.25, -0.2) is 0 Å². The standard InChI is InChI=1S/C16H15N3/c1-13(14-7-10-17-11-8-14)19-12-9-16(18-19)15-5-3-2-4-6-15/h2-13H,1H3. The summed E-state index contributed by atoms with van der Waals surface area (Å²) in [4.78, 5) is 4.04. The maximum Gasteiger partial charge on any atom is 0.0923 e. The fourth-order valence-corrected chi connectivity index (χ4v) is 2.11. The number of aromatic nitrogens is 3. The minimum atomic E-state index is 0.209. The van der Waals surface area contributed by atoms with E-state index in [0.29, 0.717) is 0 Å². The Morgan fingerprint density at radius 1 is 0.947 bits per heavy atom. The second-order valence-corrected chi connectivity index (χ2v) is 4.50. The van der Waals surface area contributed by atoms with Gasteiger partial charge in [0.2, 0.25) is 0 Å². The van der Waals surface area contributed by atoms with Crippen LogP contribution >= 0.6 is 0 Å². The van der Waals surface area contributed by atoms with E-state index in [0.717, 1.165) is 11.3 Å². The SMILES string of the molecule is CC(c1ccncc1)n1ccc(-c2ccccc2)n1. The molecule has 0 N–H and O–H groups in total. The Hall–Kier alpha value is -2.42. The van der Waals surface area contributed by atoms with Gasteiger partial charge in [-0.2, -0.15) is 5.10 Å². The van der Waals surface area contributed by atoms with Crippen molar-refractivity contribution in [2.45, 2.75) is 13.0 Å². The summed E-state index contributed by atoms with van der Waals surface area (Å²) >= 11 is 0. The van der Waals surface area contributed by atoms with Crippen LogP contribution in [-0.4, -0.2) is 14.8 Å². The quantitative estimate of drug-likeness (QED) is 0.710. The first kappa shape index (κ1) is 11.7. The lowest BCUT2D eigenvalue weighted by molar-refractivity contribution is 0.565. The number of nitrogens with zero attached hydrogens (tertiary/aromatic N) is 3. The molecule has 3 aromatic rings. The first-order valence-corrected chi connectivity index (χ1v) is 6.35. The summed E-state index contributed by atoms with van der Waals surface area (Å²) in [6, 6.07) is 16.5. The molecular weight excluding hydrogens is 234 g/mol. The fraction of sp³-hybridized carbons (Fsp3) is 0.125. The maximum atomic E-state index is 4.65. The van der Waals surface area contributed by atoms with Crippen molar-refractivity contribution in [3.8, 4) is 11.3 Å². The fourth-order valence-electron chi connectivity index (χ4n) is 2.11. The topological polar surface area (TPSA) is 30.7 Å². The van der Waals surface area contributed by atoms with Crippen LogP contribution in [0.3, 0.4) is 0 Å². The number of hydrogen-bond acceptors (Lipinski definition) is 2. The maximum absolute atomic E-state index is 4.65. The summed E-state index contributed by atoms with van der Waals surface area (Å²) in [7, 11) is 0. The zero-order valence-corrected chi connectivity index (χ0v) is 10.8. The summed E-state index contributed by atoms with van der Waals surface area (Å²) < 4.78 is 1.98. The molecule has 0 saturated heterocycles. The van der Waals surface area contributed by atoms with Gasteiger partial charge in [0.05, 0.1) is 11.7 Å². The zero-order valence-electron chi connectivity index (χ0n) is 10.8. The van der Waals surface area contributed by atoms with Gasteiger partial charge in [-0.05, 0) is 30.7 Å². The van der Waals surface area contributed by atoms with Gasteiger partial charge in [-0.1, -0.05) is 30.3 Å². The van der Waals surface area contributed by atoms with Gasteiger partial charge in [0.25, 0.3) is 0 Å². The van der Waals surface area contributed by atoms with E-state index in [2.05, 4.69) is 29.1 Å². The van der Waals surface area contributed by atoms with Crippen LogP contribution in [0, 0.1) is 0 Å². The van der Waals surface area contributed by atoms with Crippen LogP contribution in [0.2, 0.25) is 0 Å². The van der Waals surface area contributed by atoms with E-state index < -0.39 is 0 Å². The Morgan fingerprint density at radius 3 is 2.42 bits per heavy atom. The van der Waals surface area contributed by atoms with Gasteiger partial charge in [-0.15, -0.1) is 0 Å². The largest absolute Gasteiger partial charge is 0.265 e. The second-order valence-electron chi connectivity index (χ2n) is 4.50. The van der Waals surface area contributed by atoms with Crippen molar-refractivity contribution in [1.29, 1.82) is 0 Å². The van der Waals surface area contributed by atoms with Crippen molar-refractivity contribution in [2.24, 2.45) is 0 Å². The molecule has 0 spiro atoms. The Bertz CT molecular complexity index is 644. The van der Waals surface area contributed by atoms with E-state index in [1.165, 1.54) is 5.56 Å². The monoisotopic (exact) mass is 249 g/mol. The average molecular weight is 249 g/mol. The highest BCUT2D eigenvalue weighted by Gasteiger charge is 2.09. The highest BCUT2D eigenvalue weighted by molar-refractivity contribution is 5.58. The molecule has 0 saturated carbocycles. The number of rotatable bonds is 3. The van der Waals surface area contributed by atoms with Crippen LogP contribution in [0.15, 0.2) is 67.1 Å². The molecule has 0 fully saturated rings. The van der Waals surface area contributed by atoms with Crippen LogP contribution in [0.1, 0.15) is 18.5 Å². The van der Waals surface area contributed by atoms with Crippen LogP contribution < -0.4 is 0 Å². The molecule has 1 aromatic carbocycles. The van der Waals surface area contributed by atoms with Crippen LogP contribution in [0.4, 0.5) is 0 Å². The van der Waals surface area contributed by atoms with Gasteiger partial charge < -0.3 is 0 Å². The van der Waals surface area contributed by atoms with E-state index in [1.54, 1.807) is 0 Å². The summed E-state index contributed by atoms with van der Waals surface area (Å²) in [5, 5.41) is 4.65. The molecule has 19 heavy (non-hydrogen) atoms. The molecule has 2 heterocycles. The predicted molar refractivity (Wildman–Crippen MR) is 75.7 cm³/mol. The van der Waals surface area contributed by atoms with Crippen molar-refractivity contribution in [3.05, 3.63) is 72.7 Å². The first-order chi connectivity index (χ1) is 9.34. The number of hydrogen-bond donors (Lipinski definition) is 0. The minimum absolute atomic E-state index is 0.209. The highest BCUT2D eigenvalue weighted by atomic mass is 15.3. The molecular formula is C16H15N3. The van der Waals surface area contributed by atoms with Gasteiger partial charge in [-0.3, -0.25) is 9.67 Å². The molecule has 0 aliphatic heterocycles. The zero-order chi connectivity index (χ0) is 13.1. The molecule has 94 valence electrons. The van der Waals surface area contributed by atoms with E-state index in [4.69, 9.17) is 0 Å². The first-order valence-electron chi connectivity index (χ1n) is 6.35. The summed E-state index contributed by atoms with van der Waals surface area (Å²) in [6.07, 6.45) is 5.65. The Labute approximate surface area is 112 Å². The van der Waals surface area contributed by atoms with E-state index >= 15 is 0 Å². The molecule has 3 heteroatoms. The molecule has 1 atom stereocenters. The minimum Gasteiger partial charge on any atom is -0.265 e. The molecule has 1 unspecified atom stereocenters. The molecule has 3 nitrogen and oxygen atoms in total. The molecule has 0 radical (unpaired) electrons. The van der Waals surface area contributed by atoms with Crippen molar-refractivity contribution < 1.29 is 0 Å². The molecule has 0 amide bonds.